The quantitative estimate of drug-likeness (QED) is 0.351. The van der Waals surface area contributed by atoms with Crippen molar-refractivity contribution < 1.29 is 19.1 Å². The van der Waals surface area contributed by atoms with Gasteiger partial charge in [0.1, 0.15) is 12.4 Å². The van der Waals surface area contributed by atoms with Crippen LogP contribution in [0.1, 0.15) is 10.4 Å². The summed E-state index contributed by atoms with van der Waals surface area (Å²) in [5, 5.41) is -0.569. The molecule has 0 saturated carbocycles. The fraction of sp³-hybridized carbons (Fsp3) is 0.0909. The Morgan fingerprint density at radius 3 is 2.44 bits per heavy atom. The van der Waals surface area contributed by atoms with Crippen LogP contribution in [0.15, 0.2) is 36.9 Å². The molecule has 0 unspecified atom stereocenters. The molecule has 0 aliphatic carbocycles. The van der Waals surface area contributed by atoms with Crippen LogP contribution in [0.2, 0.25) is 0 Å². The molecular weight excluding hydrogens is 232 g/mol. The van der Waals surface area contributed by atoms with Crippen LogP contribution >= 0.6 is 11.6 Å². The monoisotopic (exact) mass is 240 g/mol. The van der Waals surface area contributed by atoms with E-state index in [9.17, 15) is 9.59 Å². The van der Waals surface area contributed by atoms with E-state index >= 15 is 0 Å². The molecule has 0 radical (unpaired) electrons. The molecule has 1 aromatic rings. The van der Waals surface area contributed by atoms with Gasteiger partial charge in [-0.15, -0.1) is 0 Å². The normalized spacial score (nSPS) is 9.31. The number of carbonyl (C=O) groups is 2. The molecule has 0 bridgehead atoms. The second kappa shape index (κ2) is 5.92. The summed E-state index contributed by atoms with van der Waals surface area (Å²) in [7, 11) is 0. The average molecular weight is 241 g/mol. The van der Waals surface area contributed by atoms with Crippen molar-refractivity contribution in [2.45, 2.75) is 0 Å². The summed E-state index contributed by atoms with van der Waals surface area (Å²) in [5.74, 6) is 0.274. The molecule has 0 atom stereocenters. The van der Waals surface area contributed by atoms with Crippen molar-refractivity contribution >= 4 is 23.0 Å². The molecular formula is C11H9ClO4. The lowest BCUT2D eigenvalue weighted by molar-refractivity contribution is 0.108. The molecule has 0 aliphatic rings. The van der Waals surface area contributed by atoms with Gasteiger partial charge in [0, 0.05) is 5.56 Å². The predicted octanol–water partition coefficient (Wildman–Crippen LogP) is 2.77. The van der Waals surface area contributed by atoms with Gasteiger partial charge in [-0.3, -0.25) is 4.79 Å². The van der Waals surface area contributed by atoms with Crippen LogP contribution in [-0.4, -0.2) is 18.0 Å². The Balaban J connectivity index is 2.58. The van der Waals surface area contributed by atoms with Crippen LogP contribution in [0.5, 0.6) is 5.75 Å². The van der Waals surface area contributed by atoms with Crippen LogP contribution < -0.4 is 4.74 Å². The molecule has 84 valence electrons. The summed E-state index contributed by atoms with van der Waals surface area (Å²) < 4.78 is 9.39. The summed E-state index contributed by atoms with van der Waals surface area (Å²) in [6, 6.07) is 5.80. The molecule has 1 aromatic carbocycles. The summed E-state index contributed by atoms with van der Waals surface area (Å²) >= 11 is 5.25. The molecule has 0 fully saturated rings. The zero-order valence-electron chi connectivity index (χ0n) is 8.31. The fourth-order valence-corrected chi connectivity index (χ4v) is 1.03. The summed E-state index contributed by atoms with van der Waals surface area (Å²) in [4.78, 5) is 21.7. The van der Waals surface area contributed by atoms with Crippen molar-refractivity contribution in [1.29, 1.82) is 0 Å². The molecule has 0 saturated heterocycles. The maximum absolute atomic E-state index is 11.0. The van der Waals surface area contributed by atoms with Crippen LogP contribution in [-0.2, 0) is 4.74 Å². The Hall–Kier alpha value is -1.81. The number of ether oxygens (including phenoxy) is 2. The largest absolute Gasteiger partial charge is 0.514 e. The van der Waals surface area contributed by atoms with Gasteiger partial charge >= 0.3 is 6.16 Å². The number of benzene rings is 1. The van der Waals surface area contributed by atoms with E-state index in [2.05, 4.69) is 11.3 Å². The summed E-state index contributed by atoms with van der Waals surface area (Å²) in [6.07, 6.45) is 0.598. The number of rotatable bonds is 4. The van der Waals surface area contributed by atoms with Gasteiger partial charge in [-0.05, 0) is 35.9 Å². The van der Waals surface area contributed by atoms with Gasteiger partial charge in [-0.1, -0.05) is 12.7 Å². The van der Waals surface area contributed by atoms with E-state index in [0.717, 1.165) is 0 Å². The van der Waals surface area contributed by atoms with Crippen molar-refractivity contribution in [1.82, 2.24) is 0 Å². The zero-order chi connectivity index (χ0) is 12.0. The maximum atomic E-state index is 11.0. The van der Waals surface area contributed by atoms with E-state index in [4.69, 9.17) is 16.3 Å². The smallest absolute Gasteiger partial charge is 0.430 e. The lowest BCUT2D eigenvalue weighted by Gasteiger charge is -2.03. The minimum atomic E-state index is -0.829. The molecule has 4 nitrogen and oxygen atoms in total. The number of carbonyl (C=O) groups excluding carboxylic acids is 2. The van der Waals surface area contributed by atoms with Crippen LogP contribution in [0, 0.1) is 0 Å². The average Bonchev–Trinajstić information content (AvgIpc) is 2.27. The Labute approximate surface area is 97.4 Å². The Kier molecular flexibility index (Phi) is 4.54. The van der Waals surface area contributed by atoms with Gasteiger partial charge in [-0.25, -0.2) is 4.79 Å². The lowest BCUT2D eigenvalue weighted by atomic mass is 10.2. The lowest BCUT2D eigenvalue weighted by Crippen LogP contribution is -2.10. The van der Waals surface area contributed by atoms with Gasteiger partial charge in [0.05, 0.1) is 0 Å². The highest BCUT2D eigenvalue weighted by Crippen LogP contribution is 2.14. The van der Waals surface area contributed by atoms with Gasteiger partial charge in [0.2, 0.25) is 0 Å². The molecule has 5 heteroatoms. The molecule has 0 aliphatic heterocycles. The first-order valence-corrected chi connectivity index (χ1v) is 4.76. The molecule has 1 rings (SSSR count). The highest BCUT2D eigenvalue weighted by molar-refractivity contribution is 6.67. The molecule has 0 spiro atoms. The van der Waals surface area contributed by atoms with Crippen LogP contribution in [0.25, 0.3) is 0 Å². The Bertz CT molecular complexity index is 397. The summed E-state index contributed by atoms with van der Waals surface area (Å²) in [6.45, 7) is 3.47. The van der Waals surface area contributed by atoms with E-state index in [1.54, 1.807) is 0 Å². The number of hydrogen-bond acceptors (Lipinski definition) is 4. The van der Waals surface area contributed by atoms with Gasteiger partial charge in [-0.2, -0.15) is 0 Å². The minimum absolute atomic E-state index is 0.0804. The van der Waals surface area contributed by atoms with Crippen molar-refractivity contribution in [3.63, 3.8) is 0 Å². The second-order valence-corrected chi connectivity index (χ2v) is 3.09. The highest BCUT2D eigenvalue weighted by Gasteiger charge is 2.06. The van der Waals surface area contributed by atoms with Crippen LogP contribution in [0.4, 0.5) is 4.79 Å². The third kappa shape index (κ3) is 3.74. The highest BCUT2D eigenvalue weighted by atomic mass is 35.5. The third-order valence-corrected chi connectivity index (χ3v) is 1.82. The first-order chi connectivity index (χ1) is 7.63. The standard InChI is InChI=1S/C11H9ClO4/c1-2-7-15-11(14)16-9-5-3-8(4-6-9)10(12)13/h2-6H,1,7H2. The van der Waals surface area contributed by atoms with E-state index in [1.807, 2.05) is 0 Å². The van der Waals surface area contributed by atoms with Crippen molar-refractivity contribution in [3.05, 3.63) is 42.5 Å². The maximum Gasteiger partial charge on any atom is 0.514 e. The summed E-state index contributed by atoms with van der Waals surface area (Å²) in [5.41, 5.74) is 0.327. The van der Waals surface area contributed by atoms with Crippen molar-refractivity contribution in [2.75, 3.05) is 6.61 Å². The number of halogens is 1. The Morgan fingerprint density at radius 1 is 1.31 bits per heavy atom. The molecule has 0 aromatic heterocycles. The predicted molar refractivity (Wildman–Crippen MR) is 58.8 cm³/mol. The minimum Gasteiger partial charge on any atom is -0.430 e. The number of hydrogen-bond donors (Lipinski definition) is 0. The van der Waals surface area contributed by atoms with E-state index in [-0.39, 0.29) is 12.4 Å². The van der Waals surface area contributed by atoms with Crippen molar-refractivity contribution in [2.24, 2.45) is 0 Å². The fourth-order valence-electron chi connectivity index (χ4n) is 0.907. The molecule has 0 amide bonds. The zero-order valence-corrected chi connectivity index (χ0v) is 9.07. The SMILES string of the molecule is C=CCOC(=O)Oc1ccc(C(=O)Cl)cc1. The molecule has 0 N–H and O–H groups in total. The topological polar surface area (TPSA) is 52.6 Å². The van der Waals surface area contributed by atoms with Gasteiger partial charge < -0.3 is 9.47 Å². The first-order valence-electron chi connectivity index (χ1n) is 4.39. The second-order valence-electron chi connectivity index (χ2n) is 2.75. The van der Waals surface area contributed by atoms with E-state index in [0.29, 0.717) is 5.56 Å². The van der Waals surface area contributed by atoms with Crippen LogP contribution in [0.3, 0.4) is 0 Å². The van der Waals surface area contributed by atoms with E-state index < -0.39 is 11.4 Å². The van der Waals surface area contributed by atoms with Gasteiger partial charge in [0.25, 0.3) is 5.24 Å². The van der Waals surface area contributed by atoms with Gasteiger partial charge in [0.15, 0.2) is 0 Å². The first kappa shape index (κ1) is 12.3. The third-order valence-electron chi connectivity index (χ3n) is 1.60. The van der Waals surface area contributed by atoms with Crippen molar-refractivity contribution in [3.8, 4) is 5.75 Å². The molecule has 16 heavy (non-hydrogen) atoms. The Morgan fingerprint density at radius 2 is 1.94 bits per heavy atom. The molecule has 0 heterocycles. The van der Waals surface area contributed by atoms with E-state index in [1.165, 1.54) is 30.3 Å².